The zero-order chi connectivity index (χ0) is 16.8. The van der Waals surface area contributed by atoms with Crippen molar-refractivity contribution in [2.75, 3.05) is 24.6 Å². The first kappa shape index (κ1) is 16.2. The van der Waals surface area contributed by atoms with E-state index < -0.39 is 5.82 Å². The van der Waals surface area contributed by atoms with Gasteiger partial charge in [0.2, 0.25) is 5.95 Å². The maximum Gasteiger partial charge on any atom is 0.258 e. The average Bonchev–Trinajstić information content (AvgIpc) is 3.14. The molecule has 0 atom stereocenters. The van der Waals surface area contributed by atoms with Crippen molar-refractivity contribution in [2.45, 2.75) is 19.4 Å². The minimum atomic E-state index is -0.489. The van der Waals surface area contributed by atoms with Gasteiger partial charge in [-0.2, -0.15) is 0 Å². The standard InChI is InChI=1S/C17H19FN4O2/c18-14-5-1-2-6-15(14)24-12-16(23)20-11-13-7-8-19-17(21-13)22-9-3-4-10-22/h1-2,5-8H,3-4,9-12H2,(H,20,23). The molecule has 0 aliphatic carbocycles. The Hall–Kier alpha value is -2.70. The van der Waals surface area contributed by atoms with E-state index in [0.29, 0.717) is 5.95 Å². The van der Waals surface area contributed by atoms with Crippen LogP contribution < -0.4 is 15.0 Å². The highest BCUT2D eigenvalue weighted by molar-refractivity contribution is 5.77. The van der Waals surface area contributed by atoms with Gasteiger partial charge in [-0.25, -0.2) is 14.4 Å². The number of carbonyl (C=O) groups excluding carboxylic acids is 1. The summed E-state index contributed by atoms with van der Waals surface area (Å²) in [4.78, 5) is 22.7. The number of ether oxygens (including phenoxy) is 1. The quantitative estimate of drug-likeness (QED) is 0.876. The molecule has 0 saturated carbocycles. The molecule has 3 rings (SSSR count). The zero-order valence-electron chi connectivity index (χ0n) is 13.2. The van der Waals surface area contributed by atoms with Crippen molar-refractivity contribution in [3.8, 4) is 5.75 Å². The van der Waals surface area contributed by atoms with Gasteiger partial charge >= 0.3 is 0 Å². The Morgan fingerprint density at radius 3 is 2.83 bits per heavy atom. The van der Waals surface area contributed by atoms with Gasteiger partial charge in [0.15, 0.2) is 18.2 Å². The summed E-state index contributed by atoms with van der Waals surface area (Å²) in [6, 6.07) is 7.74. The molecule has 2 aromatic rings. The van der Waals surface area contributed by atoms with E-state index in [1.165, 1.54) is 12.1 Å². The van der Waals surface area contributed by atoms with Crippen molar-refractivity contribution in [3.05, 3.63) is 48.0 Å². The summed E-state index contributed by atoms with van der Waals surface area (Å²) in [7, 11) is 0. The fourth-order valence-electron chi connectivity index (χ4n) is 2.50. The average molecular weight is 330 g/mol. The molecule has 1 aromatic heterocycles. The molecule has 7 heteroatoms. The Labute approximate surface area is 139 Å². The van der Waals surface area contributed by atoms with Crippen molar-refractivity contribution in [1.29, 1.82) is 0 Å². The first-order valence-corrected chi connectivity index (χ1v) is 7.93. The number of aromatic nitrogens is 2. The van der Waals surface area contributed by atoms with Crippen LogP contribution in [0.5, 0.6) is 5.75 Å². The van der Waals surface area contributed by atoms with Crippen LogP contribution in [0, 0.1) is 5.82 Å². The van der Waals surface area contributed by atoms with Gasteiger partial charge in [-0.15, -0.1) is 0 Å². The van der Waals surface area contributed by atoms with Crippen molar-refractivity contribution >= 4 is 11.9 Å². The second-order valence-corrected chi connectivity index (χ2v) is 5.54. The molecule has 1 amide bonds. The van der Waals surface area contributed by atoms with Crippen LogP contribution >= 0.6 is 0 Å². The summed E-state index contributed by atoms with van der Waals surface area (Å²) in [6.45, 7) is 1.96. The topological polar surface area (TPSA) is 67.3 Å². The third-order valence-electron chi connectivity index (χ3n) is 3.75. The molecule has 126 valence electrons. The lowest BCUT2D eigenvalue weighted by molar-refractivity contribution is -0.123. The molecule has 0 bridgehead atoms. The summed E-state index contributed by atoms with van der Waals surface area (Å²) < 4.78 is 18.6. The maximum atomic E-state index is 13.4. The highest BCUT2D eigenvalue weighted by atomic mass is 19.1. The lowest BCUT2D eigenvalue weighted by Crippen LogP contribution is -2.29. The number of carbonyl (C=O) groups is 1. The fourth-order valence-corrected chi connectivity index (χ4v) is 2.50. The van der Waals surface area contributed by atoms with E-state index in [4.69, 9.17) is 4.74 Å². The summed E-state index contributed by atoms with van der Waals surface area (Å²) in [5.74, 6) is -0.0659. The number of rotatable bonds is 6. The number of halogens is 1. The minimum absolute atomic E-state index is 0.0611. The van der Waals surface area contributed by atoms with E-state index in [2.05, 4.69) is 20.2 Å². The van der Waals surface area contributed by atoms with Crippen LogP contribution in [-0.2, 0) is 11.3 Å². The van der Waals surface area contributed by atoms with Gasteiger partial charge in [0.1, 0.15) is 0 Å². The molecule has 2 heterocycles. The third-order valence-corrected chi connectivity index (χ3v) is 3.75. The van der Waals surface area contributed by atoms with Gasteiger partial charge in [0, 0.05) is 19.3 Å². The van der Waals surface area contributed by atoms with Crippen LogP contribution in [0.15, 0.2) is 36.5 Å². The predicted octanol–water partition coefficient (Wildman–Crippen LogP) is 1.91. The third kappa shape index (κ3) is 4.18. The Balaban J connectivity index is 1.49. The van der Waals surface area contributed by atoms with Gasteiger partial charge in [-0.05, 0) is 31.0 Å². The largest absolute Gasteiger partial charge is 0.481 e. The summed E-state index contributed by atoms with van der Waals surface area (Å²) in [5, 5.41) is 2.71. The highest BCUT2D eigenvalue weighted by Crippen LogP contribution is 2.16. The summed E-state index contributed by atoms with van der Waals surface area (Å²) >= 11 is 0. The SMILES string of the molecule is O=C(COc1ccccc1F)NCc1ccnc(N2CCCC2)n1. The summed E-state index contributed by atoms with van der Waals surface area (Å²) in [5.41, 5.74) is 0.728. The Morgan fingerprint density at radius 2 is 2.04 bits per heavy atom. The molecule has 6 nitrogen and oxygen atoms in total. The molecular formula is C17H19FN4O2. The van der Waals surface area contributed by atoms with Gasteiger partial charge in [-0.1, -0.05) is 12.1 Å². The second-order valence-electron chi connectivity index (χ2n) is 5.54. The Morgan fingerprint density at radius 1 is 1.25 bits per heavy atom. The Kier molecular flexibility index (Phi) is 5.20. The van der Waals surface area contributed by atoms with Crippen molar-refractivity contribution in [3.63, 3.8) is 0 Å². The number of hydrogen-bond acceptors (Lipinski definition) is 5. The Bertz CT molecular complexity index is 704. The highest BCUT2D eigenvalue weighted by Gasteiger charge is 2.15. The molecule has 24 heavy (non-hydrogen) atoms. The molecule has 0 unspecified atom stereocenters. The van der Waals surface area contributed by atoms with Crippen molar-refractivity contribution in [2.24, 2.45) is 0 Å². The van der Waals surface area contributed by atoms with Crippen molar-refractivity contribution in [1.82, 2.24) is 15.3 Å². The van der Waals surface area contributed by atoms with Crippen molar-refractivity contribution < 1.29 is 13.9 Å². The molecule has 1 aromatic carbocycles. The van der Waals surface area contributed by atoms with Gasteiger partial charge in [0.25, 0.3) is 5.91 Å². The van der Waals surface area contributed by atoms with Crippen LogP contribution in [-0.4, -0.2) is 35.6 Å². The van der Waals surface area contributed by atoms with Gasteiger partial charge in [0.05, 0.1) is 12.2 Å². The molecule has 0 spiro atoms. The number of hydrogen-bond donors (Lipinski definition) is 1. The first-order chi connectivity index (χ1) is 11.7. The molecule has 1 fully saturated rings. The molecule has 1 N–H and O–H groups in total. The van der Waals surface area contributed by atoms with Crippen LogP contribution in [0.2, 0.25) is 0 Å². The summed E-state index contributed by atoms with van der Waals surface area (Å²) in [6.07, 6.45) is 3.99. The second kappa shape index (κ2) is 7.72. The van der Waals surface area contributed by atoms with Crippen LogP contribution in [0.1, 0.15) is 18.5 Å². The van der Waals surface area contributed by atoms with Crippen LogP contribution in [0.3, 0.4) is 0 Å². The van der Waals surface area contributed by atoms with E-state index in [1.807, 2.05) is 0 Å². The number of benzene rings is 1. The fraction of sp³-hybridized carbons (Fsp3) is 0.353. The number of amides is 1. The molecule has 1 aliphatic heterocycles. The zero-order valence-corrected chi connectivity index (χ0v) is 13.2. The molecular weight excluding hydrogens is 311 g/mol. The van der Waals surface area contributed by atoms with E-state index in [1.54, 1.807) is 24.4 Å². The lowest BCUT2D eigenvalue weighted by atomic mass is 10.3. The number of nitrogens with zero attached hydrogens (tertiary/aromatic N) is 3. The number of para-hydroxylation sites is 1. The molecule has 0 radical (unpaired) electrons. The predicted molar refractivity (Wildman–Crippen MR) is 87.2 cm³/mol. The minimum Gasteiger partial charge on any atom is -0.481 e. The molecule has 1 aliphatic rings. The van der Waals surface area contributed by atoms with E-state index in [9.17, 15) is 9.18 Å². The van der Waals surface area contributed by atoms with Gasteiger partial charge in [-0.3, -0.25) is 4.79 Å². The normalized spacial score (nSPS) is 13.8. The lowest BCUT2D eigenvalue weighted by Gasteiger charge is -2.15. The molecule has 1 saturated heterocycles. The van der Waals surface area contributed by atoms with E-state index in [-0.39, 0.29) is 24.8 Å². The monoisotopic (exact) mass is 330 g/mol. The maximum absolute atomic E-state index is 13.4. The first-order valence-electron chi connectivity index (χ1n) is 7.93. The van der Waals surface area contributed by atoms with Gasteiger partial charge < -0.3 is 15.0 Å². The number of anilines is 1. The number of nitrogens with one attached hydrogen (secondary N) is 1. The van der Waals surface area contributed by atoms with Crippen LogP contribution in [0.25, 0.3) is 0 Å². The smallest absolute Gasteiger partial charge is 0.258 e. The van der Waals surface area contributed by atoms with E-state index >= 15 is 0 Å². The van der Waals surface area contributed by atoms with E-state index in [0.717, 1.165) is 31.6 Å². The van der Waals surface area contributed by atoms with Crippen LogP contribution in [0.4, 0.5) is 10.3 Å².